The van der Waals surface area contributed by atoms with Crippen molar-refractivity contribution in [1.82, 2.24) is 0 Å². The lowest BCUT2D eigenvalue weighted by atomic mass is 9.69. The largest absolute Gasteiger partial charge is 0.0731 e. The summed E-state index contributed by atoms with van der Waals surface area (Å²) in [6.45, 7) is 0. The molecule has 0 saturated carbocycles. The number of hydrogen-bond acceptors (Lipinski definition) is 0. The fourth-order valence-corrected chi connectivity index (χ4v) is 8.03. The summed E-state index contributed by atoms with van der Waals surface area (Å²) in [6, 6.07) is 56.2. The van der Waals surface area contributed by atoms with Gasteiger partial charge in [-0.25, -0.2) is 0 Å². The topological polar surface area (TPSA) is 0 Å². The van der Waals surface area contributed by atoms with Crippen LogP contribution >= 0.6 is 15.9 Å². The van der Waals surface area contributed by atoms with E-state index in [0.29, 0.717) is 0 Å². The van der Waals surface area contributed by atoms with E-state index in [9.17, 15) is 0 Å². The first-order valence-electron chi connectivity index (χ1n) is 14.5. The average Bonchev–Trinajstić information content (AvgIpc) is 3.52. The van der Waals surface area contributed by atoms with Crippen molar-refractivity contribution in [2.45, 2.75) is 5.41 Å². The van der Waals surface area contributed by atoms with Gasteiger partial charge < -0.3 is 0 Å². The van der Waals surface area contributed by atoms with Crippen LogP contribution in [0.15, 0.2) is 156 Å². The van der Waals surface area contributed by atoms with Crippen LogP contribution in [0.25, 0.3) is 55.3 Å². The van der Waals surface area contributed by atoms with E-state index in [0.717, 1.165) is 4.47 Å². The fourth-order valence-electron chi connectivity index (χ4n) is 7.64. The number of rotatable bonds is 2. The molecule has 7 aromatic rings. The van der Waals surface area contributed by atoms with Gasteiger partial charge in [0.2, 0.25) is 0 Å². The Hall–Kier alpha value is -4.72. The summed E-state index contributed by atoms with van der Waals surface area (Å²) in [5.74, 6) is 0. The Morgan fingerprint density at radius 1 is 0.381 bits per heavy atom. The molecule has 0 N–H and O–H groups in total. The molecule has 0 atom stereocenters. The zero-order chi connectivity index (χ0) is 27.8. The second kappa shape index (κ2) is 8.89. The SMILES string of the molecule is Brc1cccc(-c2ccc(-c3ccc4c5c(ccc4c3)-c3ccccc3C53c4ccccc4-c4ccccc43)cc2)c1. The van der Waals surface area contributed by atoms with Crippen LogP contribution in [0, 0.1) is 0 Å². The molecule has 0 aliphatic heterocycles. The maximum atomic E-state index is 3.60. The normalized spacial score (nSPS) is 13.5. The first-order chi connectivity index (χ1) is 20.7. The van der Waals surface area contributed by atoms with Gasteiger partial charge in [-0.1, -0.05) is 149 Å². The number of hydrogen-bond donors (Lipinski definition) is 0. The lowest BCUT2D eigenvalue weighted by Gasteiger charge is -2.31. The molecule has 0 fully saturated rings. The van der Waals surface area contributed by atoms with Crippen LogP contribution in [0.3, 0.4) is 0 Å². The Morgan fingerprint density at radius 2 is 0.905 bits per heavy atom. The van der Waals surface area contributed by atoms with Gasteiger partial charge in [-0.2, -0.15) is 0 Å². The number of fused-ring (bicyclic) bond motifs is 12. The molecule has 1 heteroatoms. The summed E-state index contributed by atoms with van der Waals surface area (Å²) in [6.07, 6.45) is 0. The van der Waals surface area contributed by atoms with Crippen LogP contribution < -0.4 is 0 Å². The van der Waals surface area contributed by atoms with Gasteiger partial charge in [0.1, 0.15) is 0 Å². The van der Waals surface area contributed by atoms with E-state index in [-0.39, 0.29) is 5.41 Å². The molecule has 9 rings (SSSR count). The minimum atomic E-state index is -0.328. The highest BCUT2D eigenvalue weighted by Gasteiger charge is 2.52. The second-order valence-electron chi connectivity index (χ2n) is 11.4. The van der Waals surface area contributed by atoms with Crippen molar-refractivity contribution < 1.29 is 0 Å². The summed E-state index contributed by atoms with van der Waals surface area (Å²) in [7, 11) is 0. The highest BCUT2D eigenvalue weighted by molar-refractivity contribution is 9.10. The molecule has 0 bridgehead atoms. The molecule has 1 spiro atoms. The van der Waals surface area contributed by atoms with Gasteiger partial charge in [-0.3, -0.25) is 0 Å². The molecular formula is C41H25Br. The van der Waals surface area contributed by atoms with Crippen LogP contribution in [0.2, 0.25) is 0 Å². The van der Waals surface area contributed by atoms with Crippen LogP contribution in [-0.4, -0.2) is 0 Å². The van der Waals surface area contributed by atoms with Gasteiger partial charge in [0.15, 0.2) is 0 Å². The standard InChI is InChI=1S/C41H25Br/c42-31-9-7-8-28(25-31)26-16-18-27(19-17-26)29-20-22-32-30(24-29)21-23-36-35-12-3-6-15-39(35)41(40(32)36)37-13-4-1-10-33(37)34-11-2-5-14-38(34)41/h1-25H. The molecule has 2 aliphatic carbocycles. The third-order valence-electron chi connectivity index (χ3n) is 9.34. The van der Waals surface area contributed by atoms with E-state index in [1.165, 1.54) is 77.5 Å². The molecule has 7 aromatic carbocycles. The van der Waals surface area contributed by atoms with Crippen molar-refractivity contribution in [3.8, 4) is 44.5 Å². The van der Waals surface area contributed by atoms with Gasteiger partial charge in [0.25, 0.3) is 0 Å². The zero-order valence-electron chi connectivity index (χ0n) is 22.8. The van der Waals surface area contributed by atoms with Crippen LogP contribution in [0.1, 0.15) is 22.3 Å². The second-order valence-corrected chi connectivity index (χ2v) is 12.3. The molecule has 42 heavy (non-hydrogen) atoms. The van der Waals surface area contributed by atoms with Crippen LogP contribution in [0.4, 0.5) is 0 Å². The molecule has 0 unspecified atom stereocenters. The van der Waals surface area contributed by atoms with Crippen molar-refractivity contribution in [2.75, 3.05) is 0 Å². The Labute approximate surface area is 254 Å². The predicted octanol–water partition coefficient (Wildman–Crippen LogP) is 11.3. The third-order valence-corrected chi connectivity index (χ3v) is 9.84. The molecule has 0 amide bonds. The Kier molecular flexibility index (Phi) is 5.06. The monoisotopic (exact) mass is 596 g/mol. The van der Waals surface area contributed by atoms with Crippen molar-refractivity contribution >= 4 is 26.7 Å². The molecular weight excluding hydrogens is 572 g/mol. The summed E-state index contributed by atoms with van der Waals surface area (Å²) >= 11 is 3.60. The van der Waals surface area contributed by atoms with Crippen LogP contribution in [-0.2, 0) is 5.41 Å². The van der Waals surface area contributed by atoms with Gasteiger partial charge >= 0.3 is 0 Å². The smallest absolute Gasteiger partial charge is 0.0619 e. The first kappa shape index (κ1) is 23.9. The summed E-state index contributed by atoms with van der Waals surface area (Å²) in [5.41, 5.74) is 15.5. The maximum Gasteiger partial charge on any atom is 0.0731 e. The quantitative estimate of drug-likeness (QED) is 0.186. The van der Waals surface area contributed by atoms with E-state index >= 15 is 0 Å². The first-order valence-corrected chi connectivity index (χ1v) is 15.3. The minimum absolute atomic E-state index is 0.328. The van der Waals surface area contributed by atoms with Gasteiger partial charge in [0, 0.05) is 4.47 Å². The van der Waals surface area contributed by atoms with Crippen molar-refractivity contribution in [3.05, 3.63) is 178 Å². The molecule has 0 nitrogen and oxygen atoms in total. The Bertz CT molecular complexity index is 2140. The van der Waals surface area contributed by atoms with E-state index in [1.807, 2.05) is 0 Å². The Balaban J connectivity index is 1.26. The molecule has 196 valence electrons. The highest BCUT2D eigenvalue weighted by Crippen LogP contribution is 2.63. The lowest BCUT2D eigenvalue weighted by Crippen LogP contribution is -2.26. The summed E-state index contributed by atoms with van der Waals surface area (Å²) in [5, 5.41) is 2.60. The van der Waals surface area contributed by atoms with Crippen LogP contribution in [0.5, 0.6) is 0 Å². The van der Waals surface area contributed by atoms with E-state index in [2.05, 4.69) is 168 Å². The molecule has 0 radical (unpaired) electrons. The molecule has 0 aromatic heterocycles. The molecule has 0 heterocycles. The fraction of sp³-hybridized carbons (Fsp3) is 0.0244. The van der Waals surface area contributed by atoms with Crippen molar-refractivity contribution in [2.24, 2.45) is 0 Å². The summed E-state index contributed by atoms with van der Waals surface area (Å²) in [4.78, 5) is 0. The minimum Gasteiger partial charge on any atom is -0.0619 e. The van der Waals surface area contributed by atoms with E-state index in [4.69, 9.17) is 0 Å². The predicted molar refractivity (Wildman–Crippen MR) is 179 cm³/mol. The van der Waals surface area contributed by atoms with Gasteiger partial charge in [0.05, 0.1) is 5.41 Å². The highest BCUT2D eigenvalue weighted by atomic mass is 79.9. The van der Waals surface area contributed by atoms with Crippen molar-refractivity contribution in [3.63, 3.8) is 0 Å². The van der Waals surface area contributed by atoms with E-state index in [1.54, 1.807) is 0 Å². The molecule has 0 saturated heterocycles. The lowest BCUT2D eigenvalue weighted by molar-refractivity contribution is 0.801. The zero-order valence-corrected chi connectivity index (χ0v) is 24.4. The molecule has 2 aliphatic rings. The maximum absolute atomic E-state index is 3.60. The summed E-state index contributed by atoms with van der Waals surface area (Å²) < 4.78 is 1.10. The van der Waals surface area contributed by atoms with Gasteiger partial charge in [-0.05, 0) is 95.7 Å². The van der Waals surface area contributed by atoms with E-state index < -0.39 is 0 Å². The average molecular weight is 598 g/mol. The Morgan fingerprint density at radius 3 is 1.50 bits per heavy atom. The number of halogens is 1. The van der Waals surface area contributed by atoms with Crippen molar-refractivity contribution in [1.29, 1.82) is 0 Å². The van der Waals surface area contributed by atoms with Gasteiger partial charge in [-0.15, -0.1) is 0 Å². The number of benzene rings is 7. The third kappa shape index (κ3) is 3.17.